The minimum absolute atomic E-state index is 0.0642. The third kappa shape index (κ3) is 7.86. The summed E-state index contributed by atoms with van der Waals surface area (Å²) in [6.07, 6.45) is 2.70. The maximum Gasteiger partial charge on any atom is 0.407 e. The van der Waals surface area contributed by atoms with Gasteiger partial charge >= 0.3 is 6.09 Å². The molecule has 0 aliphatic carbocycles. The van der Waals surface area contributed by atoms with Crippen molar-refractivity contribution in [3.8, 4) is 0 Å². The van der Waals surface area contributed by atoms with Crippen LogP contribution in [0, 0.1) is 0 Å². The van der Waals surface area contributed by atoms with Gasteiger partial charge in [-0.25, -0.2) is 14.8 Å². The summed E-state index contributed by atoms with van der Waals surface area (Å²) >= 11 is 7.64. The van der Waals surface area contributed by atoms with E-state index in [9.17, 15) is 19.2 Å². The molecular weight excluding hydrogens is 580 g/mol. The van der Waals surface area contributed by atoms with Crippen molar-refractivity contribution in [2.24, 2.45) is 0 Å². The molecule has 3 amide bonds. The predicted molar refractivity (Wildman–Crippen MR) is 162 cm³/mol. The van der Waals surface area contributed by atoms with Crippen molar-refractivity contribution in [2.45, 2.75) is 37.6 Å². The van der Waals surface area contributed by atoms with Crippen LogP contribution in [-0.4, -0.2) is 51.3 Å². The molecule has 42 heavy (non-hydrogen) atoms. The SMILES string of the molecule is CSc1ncc2cc(C(=O)Nc3cc(C(=O)NC(CNC(=O)OC(C)(C)C)c4ccccc4)ccc3Cl)c(=O)[nH]c2n1. The highest BCUT2D eigenvalue weighted by atomic mass is 35.5. The first-order valence-electron chi connectivity index (χ1n) is 12.8. The molecule has 4 rings (SSSR count). The van der Waals surface area contributed by atoms with E-state index < -0.39 is 35.1 Å². The van der Waals surface area contributed by atoms with Crippen LogP contribution in [0.2, 0.25) is 5.02 Å². The Morgan fingerprint density at radius 3 is 2.50 bits per heavy atom. The van der Waals surface area contributed by atoms with E-state index in [-0.39, 0.29) is 28.4 Å². The average Bonchev–Trinajstić information content (AvgIpc) is 2.95. The third-order valence-electron chi connectivity index (χ3n) is 5.83. The van der Waals surface area contributed by atoms with Crippen LogP contribution in [0.1, 0.15) is 53.1 Å². The molecule has 2 heterocycles. The predicted octanol–water partition coefficient (Wildman–Crippen LogP) is 4.94. The summed E-state index contributed by atoms with van der Waals surface area (Å²) in [6.45, 7) is 5.33. The molecule has 0 fully saturated rings. The second-order valence-electron chi connectivity index (χ2n) is 10.1. The summed E-state index contributed by atoms with van der Waals surface area (Å²) in [6, 6.07) is 14.3. The monoisotopic (exact) mass is 608 g/mol. The lowest BCUT2D eigenvalue weighted by atomic mass is 10.1. The van der Waals surface area contributed by atoms with Crippen molar-refractivity contribution in [3.63, 3.8) is 0 Å². The molecule has 13 heteroatoms. The minimum atomic E-state index is -0.727. The highest BCUT2D eigenvalue weighted by molar-refractivity contribution is 7.98. The number of fused-ring (bicyclic) bond motifs is 1. The summed E-state index contributed by atoms with van der Waals surface area (Å²) in [5.41, 5.74) is -0.104. The van der Waals surface area contributed by atoms with E-state index in [1.165, 1.54) is 42.2 Å². The molecule has 0 spiro atoms. The molecule has 2 aromatic heterocycles. The first kappa shape index (κ1) is 30.5. The molecule has 11 nitrogen and oxygen atoms in total. The Bertz CT molecular complexity index is 1690. The standard InChI is InChI=1S/C29H29ClN6O5S/c1-29(2,3)41-28(40)32-15-22(16-8-6-5-7-9-16)34-24(37)17-10-11-20(30)21(13-17)33-25(38)19-12-18-14-31-27(42-4)36-23(18)35-26(19)39/h5-14,22H,15H2,1-4H3,(H,32,40)(H,33,38)(H,34,37)(H,31,35,36,39). The van der Waals surface area contributed by atoms with Crippen LogP contribution in [-0.2, 0) is 4.74 Å². The van der Waals surface area contributed by atoms with Gasteiger partial charge in [-0.1, -0.05) is 53.7 Å². The lowest BCUT2D eigenvalue weighted by molar-refractivity contribution is 0.0519. The highest BCUT2D eigenvalue weighted by Crippen LogP contribution is 2.25. The first-order chi connectivity index (χ1) is 19.9. The van der Waals surface area contributed by atoms with Gasteiger partial charge in [0.15, 0.2) is 5.16 Å². The number of H-pyrrole nitrogens is 1. The molecule has 2 aromatic carbocycles. The normalized spacial score (nSPS) is 11.9. The van der Waals surface area contributed by atoms with E-state index in [4.69, 9.17) is 16.3 Å². The Labute approximate surface area is 250 Å². The summed E-state index contributed by atoms with van der Waals surface area (Å²) in [5.74, 6) is -1.21. The van der Waals surface area contributed by atoms with E-state index in [1.807, 2.05) is 36.6 Å². The number of carbonyl (C=O) groups excluding carboxylic acids is 3. The Hall–Kier alpha value is -4.42. The average molecular weight is 609 g/mol. The van der Waals surface area contributed by atoms with Crippen LogP contribution in [0.15, 0.2) is 70.7 Å². The number of amides is 3. The first-order valence-corrected chi connectivity index (χ1v) is 14.4. The Balaban J connectivity index is 1.52. The van der Waals surface area contributed by atoms with Crippen LogP contribution in [0.4, 0.5) is 10.5 Å². The van der Waals surface area contributed by atoms with Crippen LogP contribution in [0.3, 0.4) is 0 Å². The lowest BCUT2D eigenvalue weighted by Crippen LogP contribution is -2.40. The van der Waals surface area contributed by atoms with E-state index in [2.05, 4.69) is 30.9 Å². The summed E-state index contributed by atoms with van der Waals surface area (Å²) in [4.78, 5) is 62.2. The minimum Gasteiger partial charge on any atom is -0.444 e. The molecule has 4 N–H and O–H groups in total. The number of carbonyl (C=O) groups is 3. The van der Waals surface area contributed by atoms with Crippen molar-refractivity contribution < 1.29 is 19.1 Å². The molecule has 0 aliphatic rings. The number of rotatable bonds is 8. The number of nitrogens with one attached hydrogen (secondary N) is 4. The van der Waals surface area contributed by atoms with Crippen LogP contribution in [0.5, 0.6) is 0 Å². The van der Waals surface area contributed by atoms with Gasteiger partial charge in [-0.15, -0.1) is 0 Å². The largest absolute Gasteiger partial charge is 0.444 e. The summed E-state index contributed by atoms with van der Waals surface area (Å²) in [5, 5.41) is 9.31. The number of alkyl carbamates (subject to hydrolysis) is 1. The number of halogens is 1. The second-order valence-corrected chi connectivity index (χ2v) is 11.3. The number of benzene rings is 2. The second kappa shape index (κ2) is 13.0. The zero-order valence-corrected chi connectivity index (χ0v) is 24.9. The summed E-state index contributed by atoms with van der Waals surface area (Å²) < 4.78 is 5.31. The number of anilines is 1. The highest BCUT2D eigenvalue weighted by Gasteiger charge is 2.21. The van der Waals surface area contributed by atoms with Gasteiger partial charge in [0, 0.05) is 23.7 Å². The Morgan fingerprint density at radius 1 is 1.07 bits per heavy atom. The Morgan fingerprint density at radius 2 is 1.81 bits per heavy atom. The topological polar surface area (TPSA) is 155 Å². The lowest BCUT2D eigenvalue weighted by Gasteiger charge is -2.23. The fraction of sp³-hybridized carbons (Fsp3) is 0.241. The maximum absolute atomic E-state index is 13.3. The van der Waals surface area contributed by atoms with Crippen LogP contribution in [0.25, 0.3) is 11.0 Å². The Kier molecular flexibility index (Phi) is 9.48. The molecule has 0 bridgehead atoms. The number of nitrogens with zero attached hydrogens (tertiary/aromatic N) is 2. The smallest absolute Gasteiger partial charge is 0.407 e. The van der Waals surface area contributed by atoms with Gasteiger partial charge in [0.25, 0.3) is 17.4 Å². The zero-order chi connectivity index (χ0) is 30.4. The van der Waals surface area contributed by atoms with Crippen molar-refractivity contribution in [1.82, 2.24) is 25.6 Å². The van der Waals surface area contributed by atoms with Crippen molar-refractivity contribution >= 4 is 58.0 Å². The molecule has 0 radical (unpaired) electrons. The molecule has 0 saturated heterocycles. The third-order valence-corrected chi connectivity index (χ3v) is 6.72. The molecule has 0 aliphatic heterocycles. The van der Waals surface area contributed by atoms with Crippen molar-refractivity contribution in [2.75, 3.05) is 18.1 Å². The van der Waals surface area contributed by atoms with Crippen molar-refractivity contribution in [3.05, 3.63) is 92.9 Å². The van der Waals surface area contributed by atoms with E-state index in [0.29, 0.717) is 16.2 Å². The molecule has 1 atom stereocenters. The van der Waals surface area contributed by atoms with Crippen LogP contribution < -0.4 is 21.5 Å². The zero-order valence-electron chi connectivity index (χ0n) is 23.3. The van der Waals surface area contributed by atoms with Gasteiger partial charge < -0.3 is 25.7 Å². The van der Waals surface area contributed by atoms with Gasteiger partial charge in [0.1, 0.15) is 16.8 Å². The van der Waals surface area contributed by atoms with E-state index >= 15 is 0 Å². The molecule has 1 unspecified atom stereocenters. The number of aromatic nitrogens is 3. The molecule has 218 valence electrons. The quantitative estimate of drug-likeness (QED) is 0.162. The van der Waals surface area contributed by atoms with Gasteiger partial charge in [-0.2, -0.15) is 0 Å². The van der Waals surface area contributed by atoms with Gasteiger partial charge in [-0.05, 0) is 56.9 Å². The number of hydrogen-bond acceptors (Lipinski definition) is 8. The molecule has 0 saturated carbocycles. The van der Waals surface area contributed by atoms with E-state index in [0.717, 1.165) is 5.56 Å². The fourth-order valence-electron chi connectivity index (χ4n) is 3.87. The number of ether oxygens (including phenoxy) is 1. The summed E-state index contributed by atoms with van der Waals surface area (Å²) in [7, 11) is 0. The number of hydrogen-bond donors (Lipinski definition) is 4. The number of thioether (sulfide) groups is 1. The van der Waals surface area contributed by atoms with E-state index in [1.54, 1.807) is 20.8 Å². The number of pyridine rings is 1. The number of aromatic amines is 1. The maximum atomic E-state index is 13.3. The van der Waals surface area contributed by atoms with Crippen LogP contribution >= 0.6 is 23.4 Å². The van der Waals surface area contributed by atoms with Gasteiger partial charge in [0.2, 0.25) is 0 Å². The van der Waals surface area contributed by atoms with Crippen molar-refractivity contribution in [1.29, 1.82) is 0 Å². The fourth-order valence-corrected chi connectivity index (χ4v) is 4.38. The molecular formula is C29H29ClN6O5S. The van der Waals surface area contributed by atoms with Gasteiger partial charge in [-0.3, -0.25) is 14.4 Å². The molecule has 4 aromatic rings. The van der Waals surface area contributed by atoms with Gasteiger partial charge in [0.05, 0.1) is 16.8 Å².